The lowest BCUT2D eigenvalue weighted by molar-refractivity contribution is -0.149. The Kier molecular flexibility index (Phi) is 12.4. The first-order valence-corrected chi connectivity index (χ1v) is 14.1. The highest BCUT2D eigenvalue weighted by atomic mass is 31.2. The smallest absolute Gasteiger partial charge is 0.342 e. The highest BCUT2D eigenvalue weighted by Crippen LogP contribution is 2.44. The van der Waals surface area contributed by atoms with E-state index >= 15 is 0 Å². The fourth-order valence-electron chi connectivity index (χ4n) is 3.15. The van der Waals surface area contributed by atoms with Crippen molar-refractivity contribution in [2.45, 2.75) is 52.5 Å². The van der Waals surface area contributed by atoms with E-state index in [1.54, 1.807) is 55.9 Å². The molecular formula is C25H33N6O9P. The molecule has 0 spiro atoms. The number of hydrogen-bond acceptors (Lipinski definition) is 11. The van der Waals surface area contributed by atoms with Gasteiger partial charge < -0.3 is 34.5 Å². The van der Waals surface area contributed by atoms with E-state index in [2.05, 4.69) is 20.0 Å². The number of para-hydroxylation sites is 1. The van der Waals surface area contributed by atoms with Gasteiger partial charge in [-0.15, -0.1) is 0 Å². The van der Waals surface area contributed by atoms with Gasteiger partial charge in [0.05, 0.1) is 25.1 Å². The third-order valence-electron chi connectivity index (χ3n) is 4.87. The van der Waals surface area contributed by atoms with Gasteiger partial charge in [0.2, 0.25) is 0 Å². The second-order valence-electron chi connectivity index (χ2n) is 8.86. The molecule has 1 aromatic carbocycles. The van der Waals surface area contributed by atoms with Crippen molar-refractivity contribution >= 4 is 42.4 Å². The molecule has 0 fully saturated rings. The van der Waals surface area contributed by atoms with Crippen molar-refractivity contribution in [1.29, 1.82) is 0 Å². The molecule has 0 aliphatic heterocycles. The summed E-state index contributed by atoms with van der Waals surface area (Å²) in [6, 6.07) is 7.83. The second-order valence-corrected chi connectivity index (χ2v) is 10.9. The molecule has 3 atom stereocenters. The number of carbonyl (C=O) groups excluding carboxylic acids is 1. The number of aromatic nitrogens is 4. The van der Waals surface area contributed by atoms with Crippen molar-refractivity contribution in [2.75, 3.05) is 12.1 Å². The maximum atomic E-state index is 13.6. The van der Waals surface area contributed by atoms with Crippen LogP contribution in [0.2, 0.25) is 0 Å². The third kappa shape index (κ3) is 11.4. The molecule has 15 nitrogen and oxygen atoms in total. The second kappa shape index (κ2) is 15.5. The van der Waals surface area contributed by atoms with Gasteiger partial charge in [-0.1, -0.05) is 18.2 Å². The van der Waals surface area contributed by atoms with Crippen molar-refractivity contribution < 1.29 is 43.2 Å². The Bertz CT molecular complexity index is 1380. The molecule has 0 aliphatic carbocycles. The molecule has 2 unspecified atom stereocenters. The summed E-state index contributed by atoms with van der Waals surface area (Å²) in [6.45, 7) is 7.25. The van der Waals surface area contributed by atoms with Gasteiger partial charge in [-0.2, -0.15) is 0 Å². The number of carboxylic acid groups (broad SMARTS) is 2. The zero-order valence-corrected chi connectivity index (χ0v) is 23.8. The van der Waals surface area contributed by atoms with E-state index < -0.39 is 31.5 Å². The average Bonchev–Trinajstić information content (AvgIpc) is 3.30. The lowest BCUT2D eigenvalue weighted by Crippen LogP contribution is -2.37. The molecule has 0 bridgehead atoms. The van der Waals surface area contributed by atoms with E-state index in [4.69, 9.17) is 29.9 Å². The van der Waals surface area contributed by atoms with Gasteiger partial charge in [-0.05, 0) is 39.8 Å². The van der Waals surface area contributed by atoms with Crippen LogP contribution < -0.4 is 15.3 Å². The number of nitrogens with two attached hydrogens (primary N) is 1. The number of carboxylic acids is 2. The monoisotopic (exact) mass is 592 g/mol. The Labute approximate surface area is 235 Å². The Morgan fingerprint density at radius 3 is 2.27 bits per heavy atom. The van der Waals surface area contributed by atoms with Gasteiger partial charge >= 0.3 is 25.4 Å². The first kappa shape index (κ1) is 32.9. The topological polar surface area (TPSA) is 218 Å². The lowest BCUT2D eigenvalue weighted by atomic mass is 10.3. The molecule has 41 heavy (non-hydrogen) atoms. The summed E-state index contributed by atoms with van der Waals surface area (Å²) >= 11 is 0. The van der Waals surface area contributed by atoms with Crippen LogP contribution in [0.4, 0.5) is 5.82 Å². The van der Waals surface area contributed by atoms with Crippen molar-refractivity contribution in [2.24, 2.45) is 0 Å². The molecule has 0 radical (unpaired) electrons. The maximum Gasteiger partial charge on any atom is 0.342 e. The summed E-state index contributed by atoms with van der Waals surface area (Å²) < 4.78 is 32.2. The molecule has 2 aromatic heterocycles. The predicted octanol–water partition coefficient (Wildman–Crippen LogP) is 2.68. The molecule has 0 aliphatic rings. The fourth-order valence-corrected chi connectivity index (χ4v) is 4.94. The SMILES string of the molecule is CC(C)OC(=O)[C@H](C)NP(=O)(COC(C)Cn1cnc2c(N)ncnc21)Oc1ccccc1.O=C(O)/C=C/C(=O)O. The lowest BCUT2D eigenvalue weighted by Gasteiger charge is -2.25. The Morgan fingerprint density at radius 2 is 1.68 bits per heavy atom. The number of ether oxygens (including phenoxy) is 2. The zero-order valence-electron chi connectivity index (χ0n) is 22.9. The first-order chi connectivity index (χ1) is 19.3. The summed E-state index contributed by atoms with van der Waals surface area (Å²) in [6.07, 6.45) is 3.13. The molecule has 3 aromatic rings. The summed E-state index contributed by atoms with van der Waals surface area (Å²) in [5.74, 6) is -2.36. The van der Waals surface area contributed by atoms with E-state index in [1.165, 1.54) is 6.33 Å². The number of nitrogens with zero attached hydrogens (tertiary/aromatic N) is 4. The van der Waals surface area contributed by atoms with Crippen LogP contribution in [0.1, 0.15) is 27.7 Å². The molecule has 0 saturated carbocycles. The fraction of sp³-hybridized carbons (Fsp3) is 0.360. The first-order valence-electron chi connectivity index (χ1n) is 12.3. The molecule has 3 rings (SSSR count). The number of fused-ring (bicyclic) bond motifs is 1. The molecule has 222 valence electrons. The number of carbonyl (C=O) groups is 3. The zero-order chi connectivity index (χ0) is 30.6. The van der Waals surface area contributed by atoms with Crippen LogP contribution >= 0.6 is 7.52 Å². The number of hydrogen-bond donors (Lipinski definition) is 4. The van der Waals surface area contributed by atoms with Crippen molar-refractivity contribution in [3.8, 4) is 5.75 Å². The van der Waals surface area contributed by atoms with Crippen LogP contribution in [0.15, 0.2) is 55.1 Å². The number of nitrogens with one attached hydrogen (secondary N) is 1. The van der Waals surface area contributed by atoms with Gasteiger partial charge in [-0.3, -0.25) is 9.36 Å². The van der Waals surface area contributed by atoms with Crippen LogP contribution in [-0.2, 0) is 35.0 Å². The highest BCUT2D eigenvalue weighted by molar-refractivity contribution is 7.57. The minimum atomic E-state index is -3.64. The Morgan fingerprint density at radius 1 is 1.05 bits per heavy atom. The Hall–Kier alpha value is -4.33. The number of nitrogen functional groups attached to an aromatic ring is 1. The maximum absolute atomic E-state index is 13.6. The van der Waals surface area contributed by atoms with E-state index in [-0.39, 0.29) is 18.6 Å². The molecular weight excluding hydrogens is 559 g/mol. The number of benzene rings is 1. The number of rotatable bonds is 13. The van der Waals surface area contributed by atoms with Crippen molar-refractivity contribution in [3.05, 3.63) is 55.1 Å². The van der Waals surface area contributed by atoms with Crippen molar-refractivity contribution in [3.63, 3.8) is 0 Å². The van der Waals surface area contributed by atoms with Crippen LogP contribution in [0.25, 0.3) is 11.2 Å². The highest BCUT2D eigenvalue weighted by Gasteiger charge is 2.32. The largest absolute Gasteiger partial charge is 0.478 e. The van der Waals surface area contributed by atoms with E-state index in [0.717, 1.165) is 0 Å². The number of anilines is 1. The van der Waals surface area contributed by atoms with E-state index in [9.17, 15) is 18.9 Å². The quantitative estimate of drug-likeness (QED) is 0.127. The van der Waals surface area contributed by atoms with E-state index in [0.29, 0.717) is 41.4 Å². The molecule has 16 heteroatoms. The third-order valence-corrected chi connectivity index (χ3v) is 6.65. The standard InChI is InChI=1S/C21H29N6O5P.C4H4O4/c1-14(2)31-21(28)16(4)26-33(29,32-17-8-6-5-7-9-17)13-30-15(3)10-27-12-25-18-19(22)23-11-24-20(18)27;5-3(6)1-2-4(7)8/h5-9,11-12,14-16H,10,13H2,1-4H3,(H,26,29)(H2,22,23,24);1-2H,(H,5,6)(H,7,8)/b;2-1+/t15?,16-,33?;/m0./s1. The number of esters is 1. The van der Waals surface area contributed by atoms with Crippen LogP contribution in [0.3, 0.4) is 0 Å². The van der Waals surface area contributed by atoms with Crippen LogP contribution in [0.5, 0.6) is 5.75 Å². The predicted molar refractivity (Wildman–Crippen MR) is 148 cm³/mol. The van der Waals surface area contributed by atoms with Crippen molar-refractivity contribution in [1.82, 2.24) is 24.6 Å². The molecule has 2 heterocycles. The summed E-state index contributed by atoms with van der Waals surface area (Å²) in [5.41, 5.74) is 6.91. The van der Waals surface area contributed by atoms with Crippen LogP contribution in [-0.4, -0.2) is 72.2 Å². The summed E-state index contributed by atoms with van der Waals surface area (Å²) in [4.78, 5) is 43.7. The Balaban J connectivity index is 0.000000642. The minimum Gasteiger partial charge on any atom is -0.478 e. The number of imidazole rings is 1. The van der Waals surface area contributed by atoms with Gasteiger partial charge in [-0.25, -0.2) is 29.6 Å². The van der Waals surface area contributed by atoms with Gasteiger partial charge in [0.15, 0.2) is 11.5 Å². The molecule has 5 N–H and O–H groups in total. The number of aliphatic carboxylic acids is 2. The summed E-state index contributed by atoms with van der Waals surface area (Å²) in [5, 5.41) is 18.4. The van der Waals surface area contributed by atoms with Crippen LogP contribution in [0, 0.1) is 0 Å². The van der Waals surface area contributed by atoms with Gasteiger partial charge in [0.25, 0.3) is 0 Å². The van der Waals surface area contributed by atoms with Gasteiger partial charge in [0, 0.05) is 12.2 Å². The minimum absolute atomic E-state index is 0.272. The molecule has 0 amide bonds. The van der Waals surface area contributed by atoms with Gasteiger partial charge in [0.1, 0.15) is 30.0 Å². The summed E-state index contributed by atoms with van der Waals surface area (Å²) in [7, 11) is -3.64. The van der Waals surface area contributed by atoms with E-state index in [1.807, 2.05) is 13.0 Å². The molecule has 0 saturated heterocycles. The normalized spacial score (nSPS) is 14.1. The average molecular weight is 593 g/mol.